The smallest absolute Gasteiger partial charge is 0.167 e. The van der Waals surface area contributed by atoms with Crippen molar-refractivity contribution in [2.24, 2.45) is 11.8 Å². The molecule has 0 bridgehead atoms. The van der Waals surface area contributed by atoms with E-state index < -0.39 is 10.1 Å². The first-order valence-corrected chi connectivity index (χ1v) is 8.65. The summed E-state index contributed by atoms with van der Waals surface area (Å²) in [5.41, 5.74) is 0. The van der Waals surface area contributed by atoms with Crippen LogP contribution in [0.5, 0.6) is 0 Å². The van der Waals surface area contributed by atoms with Crippen LogP contribution in [-0.2, 0) is 9.47 Å². The molecule has 0 N–H and O–H groups in total. The highest BCUT2D eigenvalue weighted by Gasteiger charge is 2.59. The van der Waals surface area contributed by atoms with Crippen LogP contribution in [0.2, 0.25) is 0 Å². The molecular weight excluding hydrogens is 295 g/mol. The van der Waals surface area contributed by atoms with Gasteiger partial charge in [0.25, 0.3) is 0 Å². The lowest BCUT2D eigenvalue weighted by Gasteiger charge is -2.36. The molecule has 1 fully saturated rings. The Morgan fingerprint density at radius 3 is 2.05 bits per heavy atom. The number of methoxy groups -OCH3 is 2. The van der Waals surface area contributed by atoms with Crippen LogP contribution in [0.4, 0.5) is 0 Å². The van der Waals surface area contributed by atoms with Crippen molar-refractivity contribution in [3.8, 4) is 0 Å². The molecule has 1 aliphatic rings. The largest absolute Gasteiger partial charge is 0.353 e. The number of hydrogen-bond acceptors (Lipinski definition) is 2. The summed E-state index contributed by atoms with van der Waals surface area (Å²) < 4.78 is 10.6. The van der Waals surface area contributed by atoms with Crippen molar-refractivity contribution in [2.75, 3.05) is 14.2 Å². The van der Waals surface area contributed by atoms with Gasteiger partial charge in [0.05, 0.1) is 0 Å². The maximum atomic E-state index is 6.26. The van der Waals surface area contributed by atoms with Crippen LogP contribution in [0.15, 0.2) is 0 Å². The molecule has 1 rings (SSSR count). The van der Waals surface area contributed by atoms with Gasteiger partial charge < -0.3 is 9.47 Å². The van der Waals surface area contributed by atoms with Crippen LogP contribution < -0.4 is 0 Å². The third-order valence-electron chi connectivity index (χ3n) is 4.71. The van der Waals surface area contributed by atoms with Crippen molar-refractivity contribution in [3.05, 3.63) is 0 Å². The predicted molar refractivity (Wildman–Crippen MR) is 86.5 cm³/mol. The van der Waals surface area contributed by atoms with E-state index in [-0.39, 0.29) is 11.8 Å². The van der Waals surface area contributed by atoms with Crippen molar-refractivity contribution in [2.45, 2.75) is 75.3 Å². The van der Waals surface area contributed by atoms with Gasteiger partial charge in [-0.3, -0.25) is 0 Å². The molecule has 1 saturated carbocycles. The average molecular weight is 325 g/mol. The molecule has 2 atom stereocenters. The number of ether oxygens (including phenoxy) is 2. The maximum absolute atomic E-state index is 6.26. The highest BCUT2D eigenvalue weighted by atomic mass is 35.5. The fraction of sp³-hybridized carbons (Fsp3) is 1.00. The highest BCUT2D eigenvalue weighted by Crippen LogP contribution is 2.60. The van der Waals surface area contributed by atoms with E-state index in [4.69, 9.17) is 32.7 Å². The van der Waals surface area contributed by atoms with Gasteiger partial charge in [-0.2, -0.15) is 0 Å². The van der Waals surface area contributed by atoms with Gasteiger partial charge in [0.15, 0.2) is 5.79 Å². The lowest BCUT2D eigenvalue weighted by Crippen LogP contribution is -2.41. The molecule has 0 heterocycles. The fourth-order valence-corrected chi connectivity index (χ4v) is 3.67. The van der Waals surface area contributed by atoms with Gasteiger partial charge in [-0.05, 0) is 19.8 Å². The summed E-state index contributed by atoms with van der Waals surface area (Å²) in [4.78, 5) is 0. The summed E-state index contributed by atoms with van der Waals surface area (Å²) in [7, 11) is 3.40. The molecule has 0 radical (unpaired) electrons. The summed E-state index contributed by atoms with van der Waals surface area (Å²) in [5.74, 6) is -0.0374. The minimum atomic E-state index is -0.584. The Hall–Kier alpha value is 0.500. The topological polar surface area (TPSA) is 18.5 Å². The molecule has 0 spiro atoms. The van der Waals surface area contributed by atoms with Crippen LogP contribution in [0.1, 0.15) is 65.2 Å². The standard InChI is InChI=1S/C16H30Cl2O2/c1-5-6-7-8-9-10-11-13(14-12-16(14,17)18)15(2,19-3)20-4/h13-14H,5-12H2,1-4H3. The van der Waals surface area contributed by atoms with Crippen molar-refractivity contribution < 1.29 is 9.47 Å². The number of hydrogen-bond donors (Lipinski definition) is 0. The second kappa shape index (κ2) is 8.22. The molecule has 2 nitrogen and oxygen atoms in total. The number of halogens is 2. The molecule has 0 aromatic carbocycles. The molecule has 0 aliphatic heterocycles. The second-order valence-electron chi connectivity index (χ2n) is 6.16. The van der Waals surface area contributed by atoms with Crippen LogP contribution in [0.3, 0.4) is 0 Å². The zero-order valence-electron chi connectivity index (χ0n) is 13.4. The molecular formula is C16H30Cl2O2. The molecule has 120 valence electrons. The van der Waals surface area contributed by atoms with Crippen LogP contribution in [-0.4, -0.2) is 24.3 Å². The van der Waals surface area contributed by atoms with Crippen LogP contribution in [0, 0.1) is 11.8 Å². The molecule has 4 heteroatoms. The predicted octanol–water partition coefficient (Wildman–Crippen LogP) is 5.56. The van der Waals surface area contributed by atoms with Crippen LogP contribution >= 0.6 is 23.2 Å². The van der Waals surface area contributed by atoms with Crippen molar-refractivity contribution in [3.63, 3.8) is 0 Å². The Labute approximate surface area is 134 Å². The van der Waals surface area contributed by atoms with E-state index in [9.17, 15) is 0 Å². The Bertz CT molecular complexity index is 278. The van der Waals surface area contributed by atoms with Crippen molar-refractivity contribution in [1.29, 1.82) is 0 Å². The van der Waals surface area contributed by atoms with Gasteiger partial charge in [0, 0.05) is 26.1 Å². The third kappa shape index (κ3) is 5.05. The summed E-state index contributed by atoms with van der Waals surface area (Å²) in [6.45, 7) is 4.24. The Balaban J connectivity index is 2.44. The van der Waals surface area contributed by atoms with Gasteiger partial charge in [0.2, 0.25) is 0 Å². The zero-order chi connectivity index (χ0) is 15.2. The first kappa shape index (κ1) is 18.5. The quantitative estimate of drug-likeness (QED) is 0.281. The third-order valence-corrected chi connectivity index (χ3v) is 5.58. The van der Waals surface area contributed by atoms with Gasteiger partial charge in [-0.1, -0.05) is 45.4 Å². The highest BCUT2D eigenvalue weighted by molar-refractivity contribution is 6.50. The van der Waals surface area contributed by atoms with E-state index in [1.807, 2.05) is 6.92 Å². The van der Waals surface area contributed by atoms with Gasteiger partial charge in [0.1, 0.15) is 4.33 Å². The molecule has 20 heavy (non-hydrogen) atoms. The molecule has 0 aromatic rings. The van der Waals surface area contributed by atoms with E-state index in [2.05, 4.69) is 6.92 Å². The van der Waals surface area contributed by atoms with E-state index in [1.165, 1.54) is 38.5 Å². The molecule has 2 unspecified atom stereocenters. The first-order chi connectivity index (χ1) is 9.41. The average Bonchev–Trinajstić information content (AvgIpc) is 3.05. The first-order valence-electron chi connectivity index (χ1n) is 7.89. The van der Waals surface area contributed by atoms with Gasteiger partial charge in [-0.15, -0.1) is 23.2 Å². The summed E-state index contributed by atoms with van der Waals surface area (Å²) in [6, 6.07) is 0. The molecule has 0 saturated heterocycles. The number of rotatable bonds is 11. The maximum Gasteiger partial charge on any atom is 0.167 e. The lowest BCUT2D eigenvalue weighted by molar-refractivity contribution is -0.233. The van der Waals surface area contributed by atoms with E-state index in [0.29, 0.717) is 0 Å². The normalized spacial score (nSPS) is 22.8. The monoisotopic (exact) mass is 324 g/mol. The summed E-state index contributed by atoms with van der Waals surface area (Å²) >= 11 is 12.5. The SMILES string of the molecule is CCCCCCCCC(C1CC1(Cl)Cl)C(C)(OC)OC. The van der Waals surface area contributed by atoms with Crippen molar-refractivity contribution >= 4 is 23.2 Å². The Morgan fingerprint density at radius 2 is 1.60 bits per heavy atom. The minimum Gasteiger partial charge on any atom is -0.353 e. The minimum absolute atomic E-state index is 0.263. The van der Waals surface area contributed by atoms with Crippen LogP contribution in [0.25, 0.3) is 0 Å². The lowest BCUT2D eigenvalue weighted by atomic mass is 9.88. The van der Waals surface area contributed by atoms with E-state index in [1.54, 1.807) is 14.2 Å². The molecule has 1 aliphatic carbocycles. The zero-order valence-corrected chi connectivity index (χ0v) is 14.9. The summed E-state index contributed by atoms with van der Waals surface area (Å²) in [5, 5.41) is 0. The van der Waals surface area contributed by atoms with E-state index in [0.717, 1.165) is 12.8 Å². The van der Waals surface area contributed by atoms with Crippen molar-refractivity contribution in [1.82, 2.24) is 0 Å². The van der Waals surface area contributed by atoms with Gasteiger partial charge in [-0.25, -0.2) is 0 Å². The molecule has 0 aromatic heterocycles. The van der Waals surface area contributed by atoms with E-state index >= 15 is 0 Å². The fourth-order valence-electron chi connectivity index (χ4n) is 3.03. The Kier molecular flexibility index (Phi) is 7.62. The Morgan fingerprint density at radius 1 is 1.10 bits per heavy atom. The van der Waals surface area contributed by atoms with Gasteiger partial charge >= 0.3 is 0 Å². The molecule has 0 amide bonds. The number of unbranched alkanes of at least 4 members (excludes halogenated alkanes) is 5. The second-order valence-corrected chi connectivity index (χ2v) is 7.70. The summed E-state index contributed by atoms with van der Waals surface area (Å²) in [6.07, 6.45) is 9.65. The number of alkyl halides is 2.